The molecule has 0 rings (SSSR count). The molecular weight excluding hydrogens is 267 g/mol. The molecule has 92 valence electrons. The van der Waals surface area contributed by atoms with Crippen LogP contribution in [0.4, 0.5) is 35.1 Å². The molecule has 0 aliphatic rings. The minimum absolute atomic E-state index is 0.359. The van der Waals surface area contributed by atoms with E-state index in [1.54, 1.807) is 0 Å². The molecule has 9 heteroatoms. The second-order valence-electron chi connectivity index (χ2n) is 2.26. The fraction of sp³-hybridized carbons (Fsp3) is 0.143. The first-order valence-electron chi connectivity index (χ1n) is 3.43. The second-order valence-corrected chi connectivity index (χ2v) is 4.11. The molecule has 0 aromatic carbocycles. The first-order chi connectivity index (χ1) is 7.20. The lowest BCUT2D eigenvalue weighted by Gasteiger charge is -2.09. The van der Waals surface area contributed by atoms with Crippen LogP contribution in [0.3, 0.4) is 0 Å². The highest BCUT2D eigenvalue weighted by atomic mass is 31.1. The molecule has 0 N–H and O–H groups in total. The summed E-state index contributed by atoms with van der Waals surface area (Å²) in [6.45, 7) is 0.359. The van der Waals surface area contributed by atoms with E-state index in [-0.39, 0.29) is 0 Å². The zero-order valence-corrected chi connectivity index (χ0v) is 8.37. The average molecular weight is 270 g/mol. The van der Waals surface area contributed by atoms with E-state index in [2.05, 4.69) is 0 Å². The molecule has 0 radical (unpaired) electrons. The lowest BCUT2D eigenvalue weighted by molar-refractivity contribution is 0.387. The van der Waals surface area contributed by atoms with Crippen LogP contribution in [0.25, 0.3) is 0 Å². The highest BCUT2D eigenvalue weighted by Crippen LogP contribution is 2.63. The highest BCUT2D eigenvalue weighted by molar-refractivity contribution is 7.69. The van der Waals surface area contributed by atoms with Crippen LogP contribution >= 0.6 is 7.92 Å². The van der Waals surface area contributed by atoms with Crippen LogP contribution in [-0.2, 0) is 0 Å². The number of hydrogen-bond acceptors (Lipinski definition) is 0. The van der Waals surface area contributed by atoms with Crippen molar-refractivity contribution >= 4 is 7.92 Å². The van der Waals surface area contributed by atoms with Crippen LogP contribution in [0, 0.1) is 0 Å². The van der Waals surface area contributed by atoms with Gasteiger partial charge < -0.3 is 0 Å². The van der Waals surface area contributed by atoms with Gasteiger partial charge >= 0.3 is 12.2 Å². The second kappa shape index (κ2) is 5.98. The molecule has 0 saturated carbocycles. The summed E-state index contributed by atoms with van der Waals surface area (Å²) in [6, 6.07) is 0. The van der Waals surface area contributed by atoms with E-state index in [1.165, 1.54) is 0 Å². The maximum atomic E-state index is 12.7. The van der Waals surface area contributed by atoms with Crippen molar-refractivity contribution < 1.29 is 35.1 Å². The van der Waals surface area contributed by atoms with Gasteiger partial charge in [-0.25, -0.2) is 8.78 Å². The summed E-state index contributed by atoms with van der Waals surface area (Å²) >= 11 is 0. The molecular formula is C7H3F8P. The zero-order chi connectivity index (χ0) is 13.0. The number of halogens is 8. The van der Waals surface area contributed by atoms with E-state index in [4.69, 9.17) is 0 Å². The van der Waals surface area contributed by atoms with Gasteiger partial charge in [-0.05, 0) is 6.92 Å². The van der Waals surface area contributed by atoms with E-state index < -0.39 is 42.6 Å². The average Bonchev–Trinajstić information content (AvgIpc) is 2.16. The summed E-state index contributed by atoms with van der Waals surface area (Å²) in [4.78, 5) is 0. The third-order valence-electron chi connectivity index (χ3n) is 1.19. The van der Waals surface area contributed by atoms with Gasteiger partial charge in [-0.15, -0.1) is 0 Å². The normalized spacial score (nSPS) is 12.4. The van der Waals surface area contributed by atoms with Gasteiger partial charge in [0.1, 0.15) is 5.83 Å². The van der Waals surface area contributed by atoms with Crippen LogP contribution in [0.2, 0.25) is 0 Å². The molecule has 0 unspecified atom stereocenters. The first kappa shape index (κ1) is 15.1. The van der Waals surface area contributed by atoms with Crippen LogP contribution < -0.4 is 0 Å². The standard InChI is InChI=1S/C7H3F8P/c1-2(8)5(13)16(6(14)3(9)10)7(15)4(11)12/h1H3/b5-2-. The van der Waals surface area contributed by atoms with Gasteiger partial charge in [0.05, 0.1) is 7.92 Å². The molecule has 0 nitrogen and oxygen atoms in total. The lowest BCUT2D eigenvalue weighted by Crippen LogP contribution is -1.85. The Labute approximate surface area is 85.7 Å². The van der Waals surface area contributed by atoms with Gasteiger partial charge in [-0.3, -0.25) is 0 Å². The Kier molecular flexibility index (Phi) is 5.64. The Morgan fingerprint density at radius 1 is 0.625 bits per heavy atom. The maximum absolute atomic E-state index is 12.7. The van der Waals surface area contributed by atoms with Gasteiger partial charge in [-0.2, -0.15) is 26.3 Å². The van der Waals surface area contributed by atoms with Crippen molar-refractivity contribution in [3.8, 4) is 0 Å². The van der Waals surface area contributed by atoms with Gasteiger partial charge in [-0.1, -0.05) is 0 Å². The van der Waals surface area contributed by atoms with Crippen molar-refractivity contribution in [1.82, 2.24) is 0 Å². The molecule has 0 heterocycles. The van der Waals surface area contributed by atoms with Crippen molar-refractivity contribution in [2.24, 2.45) is 0 Å². The van der Waals surface area contributed by atoms with Crippen molar-refractivity contribution in [3.63, 3.8) is 0 Å². The molecule has 0 bridgehead atoms. The topological polar surface area (TPSA) is 0 Å². The molecule has 0 amide bonds. The molecule has 0 aromatic heterocycles. The van der Waals surface area contributed by atoms with Gasteiger partial charge in [0.25, 0.3) is 0 Å². The Morgan fingerprint density at radius 3 is 1.12 bits per heavy atom. The highest BCUT2D eigenvalue weighted by Gasteiger charge is 2.33. The molecule has 0 aliphatic heterocycles. The van der Waals surface area contributed by atoms with E-state index >= 15 is 0 Å². The first-order valence-corrected chi connectivity index (χ1v) is 4.77. The SMILES string of the molecule is C/C(F)=C(\F)P(C(F)=C(F)F)C(F)=C(F)F. The molecule has 0 saturated heterocycles. The molecule has 0 fully saturated rings. The van der Waals surface area contributed by atoms with E-state index in [0.717, 1.165) is 0 Å². The summed E-state index contributed by atoms with van der Waals surface area (Å²) in [7, 11) is -4.10. The quantitative estimate of drug-likeness (QED) is 0.458. The fourth-order valence-corrected chi connectivity index (χ4v) is 1.74. The third kappa shape index (κ3) is 3.59. The number of allylic oxidation sites excluding steroid dienone is 1. The van der Waals surface area contributed by atoms with Gasteiger partial charge in [0.15, 0.2) is 5.57 Å². The van der Waals surface area contributed by atoms with E-state index in [0.29, 0.717) is 6.92 Å². The largest absolute Gasteiger partial charge is 0.306 e. The van der Waals surface area contributed by atoms with Crippen molar-refractivity contribution in [2.45, 2.75) is 6.92 Å². The van der Waals surface area contributed by atoms with E-state index in [1.807, 2.05) is 0 Å². The summed E-state index contributed by atoms with van der Waals surface area (Å²) in [6.07, 6.45) is -6.36. The molecule has 16 heavy (non-hydrogen) atoms. The Hall–Kier alpha value is -0.910. The number of hydrogen-bond donors (Lipinski definition) is 0. The lowest BCUT2D eigenvalue weighted by atomic mass is 10.7. The van der Waals surface area contributed by atoms with Crippen LogP contribution in [0.1, 0.15) is 6.92 Å². The Bertz CT molecular complexity index is 300. The predicted octanol–water partition coefficient (Wildman–Crippen LogP) is 5.67. The summed E-state index contributed by atoms with van der Waals surface area (Å²) in [5, 5.41) is 0. The van der Waals surface area contributed by atoms with E-state index in [9.17, 15) is 35.1 Å². The molecule has 0 atom stereocenters. The Balaban J connectivity index is 5.71. The summed E-state index contributed by atoms with van der Waals surface area (Å²) < 4.78 is 96.8. The minimum atomic E-state index is -4.10. The smallest absolute Gasteiger partial charge is 0.209 e. The maximum Gasteiger partial charge on any atom is 0.306 e. The summed E-state index contributed by atoms with van der Waals surface area (Å²) in [5.41, 5.74) is -7.80. The fourth-order valence-electron chi connectivity index (χ4n) is 0.582. The van der Waals surface area contributed by atoms with Crippen molar-refractivity contribution in [3.05, 3.63) is 34.7 Å². The van der Waals surface area contributed by atoms with Crippen molar-refractivity contribution in [1.29, 1.82) is 0 Å². The molecule has 0 aliphatic carbocycles. The monoisotopic (exact) mass is 270 g/mol. The third-order valence-corrected chi connectivity index (χ3v) is 3.01. The van der Waals surface area contributed by atoms with Crippen LogP contribution in [0.15, 0.2) is 34.7 Å². The minimum Gasteiger partial charge on any atom is -0.209 e. The number of rotatable bonds is 3. The van der Waals surface area contributed by atoms with Gasteiger partial charge in [0, 0.05) is 0 Å². The zero-order valence-electron chi connectivity index (χ0n) is 7.47. The molecule has 0 aromatic rings. The Morgan fingerprint density at radius 2 is 0.938 bits per heavy atom. The summed E-state index contributed by atoms with van der Waals surface area (Å²) in [5.74, 6) is -1.85. The van der Waals surface area contributed by atoms with Crippen LogP contribution in [-0.4, -0.2) is 0 Å². The van der Waals surface area contributed by atoms with Crippen LogP contribution in [0.5, 0.6) is 0 Å². The van der Waals surface area contributed by atoms with Gasteiger partial charge in [0.2, 0.25) is 11.1 Å². The molecule has 0 spiro atoms. The predicted molar refractivity (Wildman–Crippen MR) is 42.5 cm³/mol. The van der Waals surface area contributed by atoms with Crippen molar-refractivity contribution in [2.75, 3.05) is 0 Å².